The Labute approximate surface area is 346 Å². The quantitative estimate of drug-likeness (QED) is 0.162. The van der Waals surface area contributed by atoms with Crippen LogP contribution in [0.3, 0.4) is 0 Å². The zero-order valence-electron chi connectivity index (χ0n) is 32.0. The molecule has 0 bridgehead atoms. The molecule has 0 fully saturated rings. The van der Waals surface area contributed by atoms with E-state index in [-0.39, 0.29) is 0 Å². The third-order valence-corrected chi connectivity index (χ3v) is 12.3. The standard InChI is InChI=1S/C55H35N3S/c1-3-14-36(15-4-1)38-18-11-20-44(34-38)53-56-54(58-55(57-53)48-23-8-7-22-46(48)37-16-5-2-6-17-37)45-21-12-19-39(35-45)40-28-29-42-33-43(31-30-41(42)32-40)47-25-13-27-51-52(47)49-24-9-10-26-50(49)59-51/h1-35H. The SMILES string of the molecule is c1ccc(-c2cccc(-c3nc(-c4cccc(-c5ccc6cc(-c7cccc8sc9ccccc9c78)ccc6c5)c4)nc(-c4ccccc4-c4ccccc4)n3)c2)cc1. The topological polar surface area (TPSA) is 38.7 Å². The molecule has 3 nitrogen and oxygen atoms in total. The molecule has 0 unspecified atom stereocenters. The van der Waals surface area contributed by atoms with Gasteiger partial charge in [-0.3, -0.25) is 0 Å². The molecule has 0 amide bonds. The van der Waals surface area contributed by atoms with Crippen molar-refractivity contribution < 1.29 is 0 Å². The molecule has 0 N–H and O–H groups in total. The summed E-state index contributed by atoms with van der Waals surface area (Å²) in [6, 6.07) is 75.2. The molecule has 11 rings (SSSR count). The van der Waals surface area contributed by atoms with Crippen molar-refractivity contribution in [3.8, 4) is 78.7 Å². The molecular formula is C55H35N3S. The van der Waals surface area contributed by atoms with E-state index in [9.17, 15) is 0 Å². The van der Waals surface area contributed by atoms with Gasteiger partial charge in [-0.25, -0.2) is 15.0 Å². The van der Waals surface area contributed by atoms with Crippen LogP contribution in [0.5, 0.6) is 0 Å². The Morgan fingerprint density at radius 3 is 1.47 bits per heavy atom. The Kier molecular flexibility index (Phi) is 8.68. The summed E-state index contributed by atoms with van der Waals surface area (Å²) in [7, 11) is 0. The van der Waals surface area contributed by atoms with E-state index in [2.05, 4.69) is 200 Å². The summed E-state index contributed by atoms with van der Waals surface area (Å²) in [5.74, 6) is 1.89. The number of aromatic nitrogens is 3. The van der Waals surface area contributed by atoms with Crippen molar-refractivity contribution in [2.24, 2.45) is 0 Å². The van der Waals surface area contributed by atoms with Crippen LogP contribution in [0.15, 0.2) is 212 Å². The zero-order valence-corrected chi connectivity index (χ0v) is 32.8. The normalized spacial score (nSPS) is 11.4. The lowest BCUT2D eigenvalue weighted by Crippen LogP contribution is -2.01. The fourth-order valence-corrected chi connectivity index (χ4v) is 9.35. The number of nitrogens with zero attached hydrogens (tertiary/aromatic N) is 3. The highest BCUT2D eigenvalue weighted by Gasteiger charge is 2.17. The third kappa shape index (κ3) is 6.56. The highest BCUT2D eigenvalue weighted by atomic mass is 32.1. The fourth-order valence-electron chi connectivity index (χ4n) is 8.22. The average Bonchev–Trinajstić information content (AvgIpc) is 3.71. The van der Waals surface area contributed by atoms with E-state index >= 15 is 0 Å². The van der Waals surface area contributed by atoms with Crippen LogP contribution in [0.4, 0.5) is 0 Å². The van der Waals surface area contributed by atoms with Crippen molar-refractivity contribution >= 4 is 42.3 Å². The van der Waals surface area contributed by atoms with Crippen LogP contribution in [0.25, 0.3) is 110 Å². The molecule has 0 aliphatic carbocycles. The van der Waals surface area contributed by atoms with Crippen LogP contribution in [0, 0.1) is 0 Å². The average molecular weight is 770 g/mol. The second-order valence-electron chi connectivity index (χ2n) is 14.8. The van der Waals surface area contributed by atoms with Crippen molar-refractivity contribution in [1.29, 1.82) is 0 Å². The predicted octanol–water partition coefficient (Wildman–Crippen LogP) is 15.1. The number of thiophene rings is 1. The smallest absolute Gasteiger partial charge is 0.164 e. The first kappa shape index (κ1) is 34.7. The van der Waals surface area contributed by atoms with Crippen LogP contribution in [0.1, 0.15) is 0 Å². The Morgan fingerprint density at radius 1 is 0.271 bits per heavy atom. The number of hydrogen-bond donors (Lipinski definition) is 0. The number of benzene rings is 9. The molecule has 0 spiro atoms. The Morgan fingerprint density at radius 2 is 0.746 bits per heavy atom. The van der Waals surface area contributed by atoms with Gasteiger partial charge in [0, 0.05) is 36.9 Å². The van der Waals surface area contributed by atoms with Gasteiger partial charge in [-0.15, -0.1) is 11.3 Å². The van der Waals surface area contributed by atoms with Gasteiger partial charge in [0.15, 0.2) is 17.5 Å². The van der Waals surface area contributed by atoms with Crippen LogP contribution in [-0.2, 0) is 0 Å². The first-order chi connectivity index (χ1) is 29.2. The Hall–Kier alpha value is -7.53. The van der Waals surface area contributed by atoms with Crippen LogP contribution < -0.4 is 0 Å². The highest BCUT2D eigenvalue weighted by molar-refractivity contribution is 7.25. The minimum absolute atomic E-state index is 0.625. The fraction of sp³-hybridized carbons (Fsp3) is 0. The van der Waals surface area contributed by atoms with Gasteiger partial charge in [0.2, 0.25) is 0 Å². The molecule has 59 heavy (non-hydrogen) atoms. The first-order valence-corrected chi connectivity index (χ1v) is 20.7. The summed E-state index contributed by atoms with van der Waals surface area (Å²) >= 11 is 1.86. The largest absolute Gasteiger partial charge is 0.208 e. The molecule has 0 radical (unpaired) electrons. The summed E-state index contributed by atoms with van der Waals surface area (Å²) in [6.07, 6.45) is 0. The van der Waals surface area contributed by atoms with E-state index in [0.29, 0.717) is 17.5 Å². The summed E-state index contributed by atoms with van der Waals surface area (Å²) in [6.45, 7) is 0. The van der Waals surface area contributed by atoms with E-state index in [0.717, 1.165) is 50.1 Å². The predicted molar refractivity (Wildman–Crippen MR) is 248 cm³/mol. The van der Waals surface area contributed by atoms with Gasteiger partial charge in [-0.1, -0.05) is 176 Å². The van der Waals surface area contributed by atoms with E-state index in [1.807, 2.05) is 23.5 Å². The molecule has 0 aliphatic heterocycles. The zero-order chi connectivity index (χ0) is 39.1. The molecule has 2 heterocycles. The van der Waals surface area contributed by atoms with Crippen molar-refractivity contribution in [2.45, 2.75) is 0 Å². The van der Waals surface area contributed by atoms with Crippen molar-refractivity contribution in [3.05, 3.63) is 212 Å². The molecule has 0 saturated heterocycles. The van der Waals surface area contributed by atoms with Crippen molar-refractivity contribution in [3.63, 3.8) is 0 Å². The molecule has 0 atom stereocenters. The summed E-state index contributed by atoms with van der Waals surface area (Å²) < 4.78 is 2.64. The molecule has 2 aromatic heterocycles. The van der Waals surface area contributed by atoms with E-state index in [1.165, 1.54) is 42.1 Å². The molecule has 9 aromatic carbocycles. The molecule has 4 heteroatoms. The van der Waals surface area contributed by atoms with Gasteiger partial charge in [-0.2, -0.15) is 0 Å². The molecular weight excluding hydrogens is 735 g/mol. The maximum atomic E-state index is 5.20. The Bertz CT molecular complexity index is 3330. The van der Waals surface area contributed by atoms with Crippen LogP contribution in [0.2, 0.25) is 0 Å². The summed E-state index contributed by atoms with van der Waals surface area (Å²) in [5, 5.41) is 5.05. The van der Waals surface area contributed by atoms with Gasteiger partial charge in [0.25, 0.3) is 0 Å². The maximum absolute atomic E-state index is 5.20. The number of fused-ring (bicyclic) bond motifs is 4. The molecule has 0 saturated carbocycles. The van der Waals surface area contributed by atoms with Crippen LogP contribution >= 0.6 is 11.3 Å². The van der Waals surface area contributed by atoms with E-state index < -0.39 is 0 Å². The minimum atomic E-state index is 0.625. The van der Waals surface area contributed by atoms with E-state index in [4.69, 9.17) is 15.0 Å². The van der Waals surface area contributed by atoms with Crippen molar-refractivity contribution in [2.75, 3.05) is 0 Å². The second kappa shape index (κ2) is 14.8. The lowest BCUT2D eigenvalue weighted by atomic mass is 9.95. The third-order valence-electron chi connectivity index (χ3n) is 11.1. The minimum Gasteiger partial charge on any atom is -0.208 e. The van der Waals surface area contributed by atoms with Crippen molar-refractivity contribution in [1.82, 2.24) is 15.0 Å². The van der Waals surface area contributed by atoms with Gasteiger partial charge >= 0.3 is 0 Å². The first-order valence-electron chi connectivity index (χ1n) is 19.8. The molecule has 0 aliphatic rings. The number of rotatable bonds is 7. The van der Waals surface area contributed by atoms with E-state index in [1.54, 1.807) is 0 Å². The van der Waals surface area contributed by atoms with Gasteiger partial charge in [0.1, 0.15) is 0 Å². The highest BCUT2D eigenvalue weighted by Crippen LogP contribution is 2.41. The van der Waals surface area contributed by atoms with Gasteiger partial charge in [0.05, 0.1) is 0 Å². The summed E-state index contributed by atoms with van der Waals surface area (Å²) in [5.41, 5.74) is 12.0. The summed E-state index contributed by atoms with van der Waals surface area (Å²) in [4.78, 5) is 15.6. The molecule has 276 valence electrons. The van der Waals surface area contributed by atoms with Crippen LogP contribution in [-0.4, -0.2) is 15.0 Å². The second-order valence-corrected chi connectivity index (χ2v) is 15.9. The maximum Gasteiger partial charge on any atom is 0.164 e. The molecule has 11 aromatic rings. The van der Waals surface area contributed by atoms with Gasteiger partial charge in [-0.05, 0) is 91.7 Å². The lowest BCUT2D eigenvalue weighted by molar-refractivity contribution is 1.07. The monoisotopic (exact) mass is 769 g/mol. The number of hydrogen-bond acceptors (Lipinski definition) is 4. The lowest BCUT2D eigenvalue weighted by Gasteiger charge is -2.13. The van der Waals surface area contributed by atoms with Gasteiger partial charge < -0.3 is 0 Å². The Balaban J connectivity index is 1.00.